The first-order chi connectivity index (χ1) is 13.4. The first kappa shape index (κ1) is 20.2. The number of ether oxygens (including phenoxy) is 1. The molecule has 0 unspecified atom stereocenters. The molecule has 1 fully saturated rings. The number of benzene rings is 2. The molecule has 1 N–H and O–H groups in total. The molecular formula is C22H25ClN2O3. The standard InChI is InChI=1S/C22H25ClN2O3/c1-14-8-10-18(13-19(14)22(27)24-3)28-21-11-9-17(12-20(21)23)25(15(2)26)16-6-4-5-7-16/h8-13,16H,4-7H2,1-3H3,(H,24,27). The minimum absolute atomic E-state index is 0.0189. The van der Waals surface area contributed by atoms with Gasteiger partial charge in [0, 0.05) is 31.3 Å². The van der Waals surface area contributed by atoms with Gasteiger partial charge in [0.15, 0.2) is 0 Å². The number of halogens is 1. The van der Waals surface area contributed by atoms with Crippen molar-refractivity contribution in [2.75, 3.05) is 11.9 Å². The van der Waals surface area contributed by atoms with Crippen molar-refractivity contribution in [1.29, 1.82) is 0 Å². The highest BCUT2D eigenvalue weighted by Gasteiger charge is 2.26. The van der Waals surface area contributed by atoms with Crippen molar-refractivity contribution in [3.63, 3.8) is 0 Å². The Labute approximate surface area is 170 Å². The summed E-state index contributed by atoms with van der Waals surface area (Å²) in [4.78, 5) is 26.0. The highest BCUT2D eigenvalue weighted by molar-refractivity contribution is 6.32. The van der Waals surface area contributed by atoms with Crippen molar-refractivity contribution in [3.05, 3.63) is 52.5 Å². The van der Waals surface area contributed by atoms with Crippen LogP contribution in [0.5, 0.6) is 11.5 Å². The molecule has 2 aromatic rings. The molecule has 5 nitrogen and oxygen atoms in total. The van der Waals surface area contributed by atoms with Gasteiger partial charge in [-0.05, 0) is 55.7 Å². The van der Waals surface area contributed by atoms with Gasteiger partial charge in [0.05, 0.1) is 5.02 Å². The van der Waals surface area contributed by atoms with Crippen LogP contribution in [0.3, 0.4) is 0 Å². The molecule has 1 aliphatic carbocycles. The molecule has 0 aromatic heterocycles. The number of aryl methyl sites for hydroxylation is 1. The van der Waals surface area contributed by atoms with Gasteiger partial charge in [0.1, 0.15) is 11.5 Å². The number of carbonyl (C=O) groups is 2. The van der Waals surface area contributed by atoms with E-state index in [4.69, 9.17) is 16.3 Å². The van der Waals surface area contributed by atoms with E-state index in [-0.39, 0.29) is 17.9 Å². The highest BCUT2D eigenvalue weighted by atomic mass is 35.5. The third kappa shape index (κ3) is 4.30. The van der Waals surface area contributed by atoms with Crippen LogP contribution in [0.15, 0.2) is 36.4 Å². The van der Waals surface area contributed by atoms with E-state index in [1.807, 2.05) is 24.0 Å². The lowest BCUT2D eigenvalue weighted by molar-refractivity contribution is -0.117. The van der Waals surface area contributed by atoms with Crippen molar-refractivity contribution in [2.24, 2.45) is 0 Å². The summed E-state index contributed by atoms with van der Waals surface area (Å²) in [5.41, 5.74) is 2.20. The Bertz CT molecular complexity index is 891. The summed E-state index contributed by atoms with van der Waals surface area (Å²) in [6.45, 7) is 3.46. The number of rotatable bonds is 5. The molecule has 0 heterocycles. The van der Waals surface area contributed by atoms with E-state index in [9.17, 15) is 9.59 Å². The van der Waals surface area contributed by atoms with Gasteiger partial charge in [-0.2, -0.15) is 0 Å². The lowest BCUT2D eigenvalue weighted by Crippen LogP contribution is -2.37. The number of nitrogens with zero attached hydrogens (tertiary/aromatic N) is 1. The third-order valence-corrected chi connectivity index (χ3v) is 5.43. The normalized spacial score (nSPS) is 14.0. The quantitative estimate of drug-likeness (QED) is 0.759. The van der Waals surface area contributed by atoms with Crippen LogP contribution < -0.4 is 15.0 Å². The van der Waals surface area contributed by atoms with Gasteiger partial charge in [-0.3, -0.25) is 9.59 Å². The van der Waals surface area contributed by atoms with Crippen LogP contribution in [0.1, 0.15) is 48.5 Å². The Balaban J connectivity index is 1.85. The highest BCUT2D eigenvalue weighted by Crippen LogP contribution is 2.36. The maximum absolute atomic E-state index is 12.2. The van der Waals surface area contributed by atoms with E-state index in [1.165, 1.54) is 0 Å². The number of carbonyl (C=O) groups excluding carboxylic acids is 2. The minimum Gasteiger partial charge on any atom is -0.456 e. The van der Waals surface area contributed by atoms with Gasteiger partial charge >= 0.3 is 0 Å². The molecule has 2 amide bonds. The summed E-state index contributed by atoms with van der Waals surface area (Å²) in [5, 5.41) is 3.04. The molecule has 0 saturated heterocycles. The Morgan fingerprint density at radius 2 is 1.86 bits per heavy atom. The maximum Gasteiger partial charge on any atom is 0.251 e. The molecule has 0 atom stereocenters. The van der Waals surface area contributed by atoms with E-state index in [0.29, 0.717) is 22.1 Å². The minimum atomic E-state index is -0.168. The summed E-state index contributed by atoms with van der Waals surface area (Å²) >= 11 is 6.45. The Kier molecular flexibility index (Phi) is 6.25. The fourth-order valence-electron chi connectivity index (χ4n) is 3.71. The van der Waals surface area contributed by atoms with Gasteiger partial charge in [-0.1, -0.05) is 30.5 Å². The van der Waals surface area contributed by atoms with Crippen molar-refractivity contribution < 1.29 is 14.3 Å². The van der Waals surface area contributed by atoms with E-state index in [2.05, 4.69) is 5.32 Å². The fraction of sp³-hybridized carbons (Fsp3) is 0.364. The maximum atomic E-state index is 12.2. The smallest absolute Gasteiger partial charge is 0.251 e. The number of anilines is 1. The molecule has 0 spiro atoms. The second kappa shape index (κ2) is 8.65. The molecular weight excluding hydrogens is 376 g/mol. The molecule has 6 heteroatoms. The van der Waals surface area contributed by atoms with Gasteiger partial charge in [0.25, 0.3) is 5.91 Å². The van der Waals surface area contributed by atoms with Crippen LogP contribution >= 0.6 is 11.6 Å². The molecule has 1 saturated carbocycles. The predicted octanol–water partition coefficient (Wildman–Crippen LogP) is 5.10. The van der Waals surface area contributed by atoms with Crippen LogP contribution in [-0.2, 0) is 4.79 Å². The van der Waals surface area contributed by atoms with E-state index in [0.717, 1.165) is 36.9 Å². The van der Waals surface area contributed by atoms with Gasteiger partial charge < -0.3 is 15.0 Å². The first-order valence-electron chi connectivity index (χ1n) is 9.50. The molecule has 2 aromatic carbocycles. The second-order valence-electron chi connectivity index (χ2n) is 7.10. The van der Waals surface area contributed by atoms with Crippen molar-refractivity contribution in [1.82, 2.24) is 5.32 Å². The first-order valence-corrected chi connectivity index (χ1v) is 9.88. The average molecular weight is 401 g/mol. The number of amides is 2. The molecule has 28 heavy (non-hydrogen) atoms. The van der Waals surface area contributed by atoms with E-state index < -0.39 is 0 Å². The zero-order valence-electron chi connectivity index (χ0n) is 16.4. The summed E-state index contributed by atoms with van der Waals surface area (Å²) in [7, 11) is 1.59. The molecule has 148 valence electrons. The summed E-state index contributed by atoms with van der Waals surface area (Å²) in [5.74, 6) is 0.855. The van der Waals surface area contributed by atoms with Crippen molar-refractivity contribution in [3.8, 4) is 11.5 Å². The molecule has 3 rings (SSSR count). The number of hydrogen-bond donors (Lipinski definition) is 1. The fourth-order valence-corrected chi connectivity index (χ4v) is 3.92. The van der Waals surface area contributed by atoms with Gasteiger partial charge in [-0.15, -0.1) is 0 Å². The zero-order valence-corrected chi connectivity index (χ0v) is 17.2. The largest absolute Gasteiger partial charge is 0.456 e. The van der Waals surface area contributed by atoms with E-state index >= 15 is 0 Å². The lowest BCUT2D eigenvalue weighted by Gasteiger charge is -2.28. The van der Waals surface area contributed by atoms with Crippen LogP contribution in [-0.4, -0.2) is 24.9 Å². The molecule has 1 aliphatic rings. The Morgan fingerprint density at radius 1 is 1.14 bits per heavy atom. The molecule has 0 aliphatic heterocycles. The number of nitrogens with one attached hydrogen (secondary N) is 1. The summed E-state index contributed by atoms with van der Waals surface area (Å²) in [6, 6.07) is 10.9. The van der Waals surface area contributed by atoms with Crippen LogP contribution in [0.4, 0.5) is 5.69 Å². The molecule has 0 bridgehead atoms. The third-order valence-electron chi connectivity index (χ3n) is 5.13. The zero-order chi connectivity index (χ0) is 20.3. The lowest BCUT2D eigenvalue weighted by atomic mass is 10.1. The van der Waals surface area contributed by atoms with Gasteiger partial charge in [0.2, 0.25) is 5.91 Å². The van der Waals surface area contributed by atoms with Crippen molar-refractivity contribution in [2.45, 2.75) is 45.6 Å². The molecule has 0 radical (unpaired) electrons. The summed E-state index contributed by atoms with van der Waals surface area (Å²) in [6.07, 6.45) is 4.32. The summed E-state index contributed by atoms with van der Waals surface area (Å²) < 4.78 is 5.90. The van der Waals surface area contributed by atoms with Crippen molar-refractivity contribution >= 4 is 29.1 Å². The topological polar surface area (TPSA) is 58.6 Å². The average Bonchev–Trinajstić information content (AvgIpc) is 3.18. The van der Waals surface area contributed by atoms with E-state index in [1.54, 1.807) is 38.2 Å². The van der Waals surface area contributed by atoms with Gasteiger partial charge in [-0.25, -0.2) is 0 Å². The van der Waals surface area contributed by atoms with Crippen LogP contribution in [0.25, 0.3) is 0 Å². The predicted molar refractivity (Wildman–Crippen MR) is 112 cm³/mol. The Morgan fingerprint density at radius 3 is 2.46 bits per heavy atom. The van der Waals surface area contributed by atoms with Crippen LogP contribution in [0, 0.1) is 6.92 Å². The monoisotopic (exact) mass is 400 g/mol. The Hall–Kier alpha value is -2.53. The number of hydrogen-bond acceptors (Lipinski definition) is 3. The second-order valence-corrected chi connectivity index (χ2v) is 7.51. The van der Waals surface area contributed by atoms with Crippen LogP contribution in [0.2, 0.25) is 5.02 Å². The SMILES string of the molecule is CNC(=O)c1cc(Oc2ccc(N(C(C)=O)C3CCCC3)cc2Cl)ccc1C.